The van der Waals surface area contributed by atoms with Crippen LogP contribution < -0.4 is 26.1 Å². The Balaban J connectivity index is 2.13. The van der Waals surface area contributed by atoms with Crippen LogP contribution >= 0.6 is 8.46 Å². The van der Waals surface area contributed by atoms with Gasteiger partial charge in [-0.15, -0.1) is 0 Å². The van der Waals surface area contributed by atoms with Crippen LogP contribution in [0.4, 0.5) is 0 Å². The minimum Gasteiger partial charge on any atom is -0.0707 e. The van der Waals surface area contributed by atoms with Crippen LogP contribution in [0.1, 0.15) is 1.37 Å². The van der Waals surface area contributed by atoms with E-state index in [4.69, 9.17) is 1.37 Å². The molecule has 1 nitrogen and oxygen atoms in total. The van der Waals surface area contributed by atoms with E-state index in [2.05, 4.69) is 78.9 Å². The molecule has 0 amide bonds. The highest BCUT2D eigenvalue weighted by atomic mass is 31.1. The van der Waals surface area contributed by atoms with Crippen LogP contribution in [-0.2, 0) is 4.57 Å². The molecule has 1 unspecified atom stereocenters. The Morgan fingerprint density at radius 1 is 0.556 bits per heavy atom. The zero-order valence-corrected chi connectivity index (χ0v) is 16.8. The van der Waals surface area contributed by atoms with E-state index in [1.807, 2.05) is 30.3 Å². The topological polar surface area (TPSA) is 17.1 Å². The Morgan fingerprint density at radius 2 is 0.963 bits per heavy atom. The standard InChI is InChI=1S/C24H19OPSi/c25-26-20-16-18-24(19-17-20)27(21-10-4-1-5-11-21,22-12-6-2-7-13-22)23-14-8-3-9-15-23/h1-19H/p+1/i16D. The van der Waals surface area contributed by atoms with Gasteiger partial charge in [0.15, 0.2) is 13.4 Å². The molecule has 1 atom stereocenters. The fraction of sp³-hybridized carbons (Fsp3) is 0. The number of hydrogen-bond donors (Lipinski definition) is 0. The average molecular weight is 384 g/mol. The van der Waals surface area contributed by atoms with Crippen molar-refractivity contribution in [1.82, 2.24) is 0 Å². The molecule has 3 heteroatoms. The predicted octanol–water partition coefficient (Wildman–Crippen LogP) is 2.71. The number of rotatable bonds is 5. The molecule has 0 N–H and O–H groups in total. The Labute approximate surface area is 164 Å². The molecule has 0 spiro atoms. The molecule has 0 saturated heterocycles. The van der Waals surface area contributed by atoms with Gasteiger partial charge < -0.3 is 0 Å². The van der Waals surface area contributed by atoms with Gasteiger partial charge in [0, 0.05) is 0 Å². The fourth-order valence-corrected chi connectivity index (χ4v) is 8.77. The largest absolute Gasteiger partial charge is 0.363 e. The Bertz CT molecular complexity index is 989. The lowest BCUT2D eigenvalue weighted by Gasteiger charge is -2.34. The summed E-state index contributed by atoms with van der Waals surface area (Å²) in [6.07, 6.45) is 0. The summed E-state index contributed by atoms with van der Waals surface area (Å²) < 4.78 is 19.9. The van der Waals surface area contributed by atoms with E-state index in [1.54, 1.807) is 0 Å². The van der Waals surface area contributed by atoms with Crippen molar-refractivity contribution >= 4 is 42.6 Å². The van der Waals surface area contributed by atoms with Gasteiger partial charge in [0.25, 0.3) is 0 Å². The Kier molecular flexibility index (Phi) is 4.75. The molecule has 0 aliphatic carbocycles. The number of benzene rings is 4. The molecule has 0 heterocycles. The van der Waals surface area contributed by atoms with Gasteiger partial charge in [0.05, 0.1) is 1.37 Å². The highest BCUT2D eigenvalue weighted by molar-refractivity contribution is 7.34. The van der Waals surface area contributed by atoms with E-state index in [9.17, 15) is 4.57 Å². The van der Waals surface area contributed by atoms with Crippen molar-refractivity contribution in [1.29, 1.82) is 0 Å². The van der Waals surface area contributed by atoms with Crippen molar-refractivity contribution in [3.63, 3.8) is 0 Å². The second-order valence-electron chi connectivity index (χ2n) is 6.44. The van der Waals surface area contributed by atoms with Crippen LogP contribution in [0.3, 0.4) is 0 Å². The van der Waals surface area contributed by atoms with Gasteiger partial charge in [-0.1, -0.05) is 108 Å². The summed E-state index contributed by atoms with van der Waals surface area (Å²) in [5, 5.41) is 5.50. The second kappa shape index (κ2) is 7.83. The Hall–Kier alpha value is -2.80. The molecule has 130 valence electrons. The first kappa shape index (κ1) is 16.4. The van der Waals surface area contributed by atoms with Gasteiger partial charge in [0.2, 0.25) is 0 Å². The van der Waals surface area contributed by atoms with Gasteiger partial charge in [-0.3, -0.25) is 0 Å². The van der Waals surface area contributed by atoms with Crippen molar-refractivity contribution in [2.75, 3.05) is 0 Å². The van der Waals surface area contributed by atoms with Gasteiger partial charge in [-0.2, -0.15) is 0 Å². The molecule has 0 bridgehead atoms. The maximum Gasteiger partial charge on any atom is 0.363 e. The van der Waals surface area contributed by atoms with Crippen molar-refractivity contribution < 1.29 is 5.94 Å². The third-order valence-corrected chi connectivity index (χ3v) is 10.3. The lowest BCUT2D eigenvalue weighted by molar-refractivity contribution is 0.603. The molecule has 4 rings (SSSR count). The van der Waals surface area contributed by atoms with Gasteiger partial charge in [0.1, 0.15) is 0 Å². The first-order valence-electron chi connectivity index (χ1n) is 9.42. The van der Waals surface area contributed by atoms with E-state index >= 15 is 0 Å². The van der Waals surface area contributed by atoms with Crippen LogP contribution in [0.25, 0.3) is 0 Å². The summed E-state index contributed by atoms with van der Waals surface area (Å²) >= 11 is 0. The molecule has 0 aromatic heterocycles. The Morgan fingerprint density at radius 3 is 1.33 bits per heavy atom. The molecule has 0 aliphatic heterocycles. The minimum absolute atomic E-state index is 0.338. The summed E-state index contributed by atoms with van der Waals surface area (Å²) in [5.74, 6) is 0. The second-order valence-corrected chi connectivity index (χ2v) is 11.0. The first-order chi connectivity index (χ1) is 13.8. The van der Waals surface area contributed by atoms with E-state index in [-0.39, 0.29) is 0 Å². The van der Waals surface area contributed by atoms with Crippen LogP contribution in [0.2, 0.25) is 0 Å². The van der Waals surface area contributed by atoms with Gasteiger partial charge >= 0.3 is 8.46 Å². The zero-order chi connectivity index (χ0) is 19.4. The summed E-state index contributed by atoms with van der Waals surface area (Å²) in [6.45, 7) is 0. The summed E-state index contributed by atoms with van der Waals surface area (Å²) in [7, 11) is -3.20. The molecule has 0 fully saturated rings. The maximum absolute atomic E-state index is 11.4. The monoisotopic (exact) mass is 384 g/mol. The lowest BCUT2D eigenvalue weighted by atomic mass is 10.3. The highest BCUT2D eigenvalue weighted by Gasteiger charge is 2.41. The van der Waals surface area contributed by atoms with E-state index in [0.29, 0.717) is 11.3 Å². The van der Waals surface area contributed by atoms with Crippen molar-refractivity contribution in [2.24, 2.45) is 0 Å². The highest BCUT2D eigenvalue weighted by Crippen LogP contribution is 2.09. The van der Waals surface area contributed by atoms with E-state index < -0.39 is 16.5 Å². The van der Waals surface area contributed by atoms with Crippen molar-refractivity contribution in [3.05, 3.63) is 115 Å². The maximum atomic E-state index is 11.4. The quantitative estimate of drug-likeness (QED) is 0.294. The first-order valence-corrected chi connectivity index (χ1v) is 11.8. The van der Waals surface area contributed by atoms with Crippen molar-refractivity contribution in [2.45, 2.75) is 0 Å². The van der Waals surface area contributed by atoms with Crippen LogP contribution in [-0.4, -0.2) is 8.07 Å². The minimum atomic E-state index is -2.59. The lowest BCUT2D eigenvalue weighted by Crippen LogP contribution is -2.74. The third kappa shape index (κ3) is 3.19. The molecular formula is C24H20OPSi+. The zero-order valence-electron chi connectivity index (χ0n) is 15.8. The SMILES string of the molecule is [2H]c1cc([Si](c2ccccc2)(c2ccccc2)c2ccccc2)ccc1[PH+]=O. The number of hydrogen-bond acceptors (Lipinski definition) is 1. The smallest absolute Gasteiger partial charge is 0.0707 e. The van der Waals surface area contributed by atoms with E-state index in [0.717, 1.165) is 5.19 Å². The van der Waals surface area contributed by atoms with Crippen LogP contribution in [0.15, 0.2) is 115 Å². The van der Waals surface area contributed by atoms with Gasteiger partial charge in [-0.05, 0) is 32.9 Å². The summed E-state index contributed by atoms with van der Waals surface area (Å²) in [5.41, 5.74) is 0. The summed E-state index contributed by atoms with van der Waals surface area (Å²) in [6, 6.07) is 37.9. The predicted molar refractivity (Wildman–Crippen MR) is 119 cm³/mol. The molecule has 4 aromatic carbocycles. The average Bonchev–Trinajstić information content (AvgIpc) is 2.77. The third-order valence-electron chi connectivity index (χ3n) is 4.98. The molecule has 0 saturated carbocycles. The normalized spacial score (nSPS) is 11.9. The van der Waals surface area contributed by atoms with Crippen molar-refractivity contribution in [3.8, 4) is 0 Å². The molecule has 4 aromatic rings. The summed E-state index contributed by atoms with van der Waals surface area (Å²) in [4.78, 5) is 0. The molecule has 0 radical (unpaired) electrons. The van der Waals surface area contributed by atoms with Crippen LogP contribution in [0, 0.1) is 0 Å². The fourth-order valence-electron chi connectivity index (χ4n) is 3.79. The van der Waals surface area contributed by atoms with E-state index in [1.165, 1.54) is 15.6 Å². The molecule has 27 heavy (non-hydrogen) atoms. The van der Waals surface area contributed by atoms with Crippen LogP contribution in [0.5, 0.6) is 0 Å². The van der Waals surface area contributed by atoms with Gasteiger partial charge in [-0.25, -0.2) is 0 Å². The molecule has 0 aliphatic rings. The molecular weight excluding hydrogens is 363 g/mol.